The summed E-state index contributed by atoms with van der Waals surface area (Å²) in [4.78, 5) is 2.40. The molecule has 0 fully saturated rings. The molecule has 1 nitrogen and oxygen atoms in total. The van der Waals surface area contributed by atoms with Crippen LogP contribution in [-0.2, 0) is 18.3 Å². The molecule has 0 aliphatic heterocycles. The molecule has 202 valence electrons. The predicted octanol–water partition coefficient (Wildman–Crippen LogP) is 10.7. The fourth-order valence-corrected chi connectivity index (χ4v) is 7.55. The van der Waals surface area contributed by atoms with Crippen molar-refractivity contribution in [3.05, 3.63) is 174 Å². The highest BCUT2D eigenvalue weighted by molar-refractivity contribution is 5.86. The van der Waals surface area contributed by atoms with Crippen LogP contribution < -0.4 is 4.90 Å². The van der Waals surface area contributed by atoms with Gasteiger partial charge in [0.2, 0.25) is 0 Å². The van der Waals surface area contributed by atoms with E-state index in [1.54, 1.807) is 0 Å². The SMILES string of the molecule is c1ccc(N(c2ccccc2)c2ccc3c(c2)C2(CCc4ccccc4-c4ccccc4CC2)c2ccccc2-3)cc1. The molecule has 0 bridgehead atoms. The number of para-hydroxylation sites is 2. The van der Waals surface area contributed by atoms with Gasteiger partial charge in [0.05, 0.1) is 0 Å². The minimum Gasteiger partial charge on any atom is -0.310 e. The van der Waals surface area contributed by atoms with Crippen LogP contribution in [0.25, 0.3) is 22.3 Å². The van der Waals surface area contributed by atoms with Crippen LogP contribution in [0.1, 0.15) is 35.1 Å². The zero-order chi connectivity index (χ0) is 27.9. The number of nitrogens with zero attached hydrogens (tertiary/aromatic N) is 1. The maximum atomic E-state index is 2.50. The minimum absolute atomic E-state index is 0.0639. The zero-order valence-electron chi connectivity index (χ0n) is 23.7. The second-order valence-corrected chi connectivity index (χ2v) is 11.7. The molecule has 1 spiro atoms. The van der Waals surface area contributed by atoms with Crippen molar-refractivity contribution in [1.82, 2.24) is 0 Å². The first-order valence-electron chi connectivity index (χ1n) is 15.1. The maximum Gasteiger partial charge on any atom is 0.0465 e. The van der Waals surface area contributed by atoms with Crippen molar-refractivity contribution in [1.29, 1.82) is 0 Å². The molecule has 0 saturated heterocycles. The molecule has 42 heavy (non-hydrogen) atoms. The lowest BCUT2D eigenvalue weighted by molar-refractivity contribution is 0.448. The van der Waals surface area contributed by atoms with Gasteiger partial charge >= 0.3 is 0 Å². The molecule has 0 atom stereocenters. The van der Waals surface area contributed by atoms with Crippen molar-refractivity contribution in [2.75, 3.05) is 4.90 Å². The molecule has 2 aliphatic rings. The summed E-state index contributed by atoms with van der Waals surface area (Å²) >= 11 is 0. The summed E-state index contributed by atoms with van der Waals surface area (Å²) in [5, 5.41) is 0. The van der Waals surface area contributed by atoms with Gasteiger partial charge in [-0.2, -0.15) is 0 Å². The summed E-state index contributed by atoms with van der Waals surface area (Å²) in [6, 6.07) is 56.0. The van der Waals surface area contributed by atoms with Crippen LogP contribution in [0.15, 0.2) is 152 Å². The second-order valence-electron chi connectivity index (χ2n) is 11.7. The third-order valence-electron chi connectivity index (χ3n) is 9.51. The molecule has 8 rings (SSSR count). The first-order chi connectivity index (χ1) is 20.8. The normalized spacial score (nSPS) is 14.5. The quantitative estimate of drug-likeness (QED) is 0.216. The van der Waals surface area contributed by atoms with Crippen molar-refractivity contribution in [2.24, 2.45) is 0 Å². The number of fused-ring (bicyclic) bond motifs is 8. The lowest BCUT2D eigenvalue weighted by atomic mass is 9.70. The molecular formula is C41H33N. The lowest BCUT2D eigenvalue weighted by Crippen LogP contribution is -2.27. The summed E-state index contributed by atoms with van der Waals surface area (Å²) in [6.45, 7) is 0. The van der Waals surface area contributed by atoms with Gasteiger partial charge in [0.15, 0.2) is 0 Å². The highest BCUT2D eigenvalue weighted by Gasteiger charge is 2.43. The van der Waals surface area contributed by atoms with E-state index in [4.69, 9.17) is 0 Å². The maximum absolute atomic E-state index is 2.50. The molecular weight excluding hydrogens is 506 g/mol. The van der Waals surface area contributed by atoms with Gasteiger partial charge in [0.1, 0.15) is 0 Å². The largest absolute Gasteiger partial charge is 0.310 e. The minimum atomic E-state index is -0.0639. The Bertz CT molecular complexity index is 1800. The summed E-state index contributed by atoms with van der Waals surface area (Å²) < 4.78 is 0. The molecule has 0 saturated carbocycles. The third kappa shape index (κ3) is 4.00. The van der Waals surface area contributed by atoms with Crippen LogP contribution in [0.5, 0.6) is 0 Å². The van der Waals surface area contributed by atoms with Gasteiger partial charge in [-0.3, -0.25) is 0 Å². The number of anilines is 3. The first-order valence-corrected chi connectivity index (χ1v) is 15.1. The molecule has 1 heteroatoms. The number of rotatable bonds is 3. The number of benzene rings is 6. The number of hydrogen-bond donors (Lipinski definition) is 0. The van der Waals surface area contributed by atoms with Crippen molar-refractivity contribution < 1.29 is 0 Å². The van der Waals surface area contributed by atoms with E-state index in [0.29, 0.717) is 0 Å². The Hall–Kier alpha value is -4.88. The van der Waals surface area contributed by atoms with E-state index < -0.39 is 0 Å². The van der Waals surface area contributed by atoms with Crippen molar-refractivity contribution in [3.63, 3.8) is 0 Å². The molecule has 2 aliphatic carbocycles. The summed E-state index contributed by atoms with van der Waals surface area (Å²) in [5.74, 6) is 0. The molecule has 0 aromatic heterocycles. The van der Waals surface area contributed by atoms with Gasteiger partial charge in [-0.05, 0) is 107 Å². The van der Waals surface area contributed by atoms with Crippen LogP contribution in [0.2, 0.25) is 0 Å². The smallest absolute Gasteiger partial charge is 0.0465 e. The monoisotopic (exact) mass is 539 g/mol. The molecule has 0 radical (unpaired) electrons. The Morgan fingerprint density at radius 3 is 1.45 bits per heavy atom. The van der Waals surface area contributed by atoms with Crippen LogP contribution in [0.4, 0.5) is 17.1 Å². The van der Waals surface area contributed by atoms with E-state index in [1.165, 1.54) is 61.6 Å². The molecule has 0 N–H and O–H groups in total. The average Bonchev–Trinajstić information content (AvgIpc) is 3.36. The zero-order valence-corrected chi connectivity index (χ0v) is 23.7. The van der Waals surface area contributed by atoms with E-state index in [1.807, 2.05) is 0 Å². The van der Waals surface area contributed by atoms with E-state index >= 15 is 0 Å². The fraction of sp³-hybridized carbons (Fsp3) is 0.122. The predicted molar refractivity (Wildman–Crippen MR) is 176 cm³/mol. The highest BCUT2D eigenvalue weighted by atomic mass is 15.1. The van der Waals surface area contributed by atoms with E-state index in [2.05, 4.69) is 157 Å². The van der Waals surface area contributed by atoms with Gasteiger partial charge < -0.3 is 4.90 Å². The molecule has 6 aromatic rings. The molecule has 6 aromatic carbocycles. The summed E-state index contributed by atoms with van der Waals surface area (Å²) in [7, 11) is 0. The van der Waals surface area contributed by atoms with Gasteiger partial charge in [-0.15, -0.1) is 0 Å². The van der Waals surface area contributed by atoms with Gasteiger partial charge in [-0.1, -0.05) is 115 Å². The third-order valence-corrected chi connectivity index (χ3v) is 9.51. The summed E-state index contributed by atoms with van der Waals surface area (Å²) in [5.41, 5.74) is 14.9. The lowest BCUT2D eigenvalue weighted by Gasteiger charge is -2.34. The molecule has 0 amide bonds. The number of aryl methyl sites for hydroxylation is 2. The van der Waals surface area contributed by atoms with Crippen molar-refractivity contribution in [2.45, 2.75) is 31.1 Å². The van der Waals surface area contributed by atoms with Gasteiger partial charge in [-0.25, -0.2) is 0 Å². The van der Waals surface area contributed by atoms with Crippen molar-refractivity contribution in [3.8, 4) is 22.3 Å². The average molecular weight is 540 g/mol. The van der Waals surface area contributed by atoms with Crippen molar-refractivity contribution >= 4 is 17.1 Å². The van der Waals surface area contributed by atoms with Crippen LogP contribution in [0, 0.1) is 0 Å². The van der Waals surface area contributed by atoms with E-state index in [9.17, 15) is 0 Å². The van der Waals surface area contributed by atoms with Crippen LogP contribution >= 0.6 is 0 Å². The molecule has 0 heterocycles. The van der Waals surface area contributed by atoms with Crippen LogP contribution in [0.3, 0.4) is 0 Å². The van der Waals surface area contributed by atoms with Crippen LogP contribution in [-0.4, -0.2) is 0 Å². The van der Waals surface area contributed by atoms with Gasteiger partial charge in [0.25, 0.3) is 0 Å². The topological polar surface area (TPSA) is 3.24 Å². The first kappa shape index (κ1) is 24.9. The summed E-state index contributed by atoms with van der Waals surface area (Å²) in [6.07, 6.45) is 4.26. The Kier molecular flexibility index (Phi) is 6.04. The Labute approximate surface area is 248 Å². The second kappa shape index (κ2) is 10.2. The number of hydrogen-bond acceptors (Lipinski definition) is 1. The molecule has 0 unspecified atom stereocenters. The van der Waals surface area contributed by atoms with E-state index in [-0.39, 0.29) is 5.41 Å². The Balaban J connectivity index is 1.33. The Morgan fingerprint density at radius 2 is 0.857 bits per heavy atom. The Morgan fingerprint density at radius 1 is 0.381 bits per heavy atom. The van der Waals surface area contributed by atoms with Gasteiger partial charge in [0, 0.05) is 22.5 Å². The fourth-order valence-electron chi connectivity index (χ4n) is 7.55. The highest BCUT2D eigenvalue weighted by Crippen LogP contribution is 2.55. The standard InChI is InChI=1S/C41H33N/c1-3-15-32(16-4-1)42(33-17-5-2-6-18-33)34-23-24-38-37-21-11-12-22-39(37)41(40(38)29-34)27-25-30-13-7-9-19-35(30)36-20-10-8-14-31(36)26-28-41/h1-24,29H,25-28H2. The van der Waals surface area contributed by atoms with E-state index in [0.717, 1.165) is 25.7 Å².